The first-order chi connectivity index (χ1) is 14.8. The maximum atomic E-state index is 11.0. The molecule has 31 heavy (non-hydrogen) atoms. The Balaban J connectivity index is 1.81. The molecule has 1 aromatic heterocycles. The van der Waals surface area contributed by atoms with Crippen LogP contribution in [-0.4, -0.2) is 47.7 Å². The number of phenols is 1. The number of oxime groups is 1. The summed E-state index contributed by atoms with van der Waals surface area (Å²) in [6, 6.07) is 7.11. The Morgan fingerprint density at radius 2 is 1.94 bits per heavy atom. The normalized spacial score (nSPS) is 18.1. The van der Waals surface area contributed by atoms with E-state index in [0.29, 0.717) is 35.2 Å². The second-order valence-electron chi connectivity index (χ2n) is 8.67. The number of hydrogen-bond donors (Lipinski definition) is 1. The van der Waals surface area contributed by atoms with Crippen LogP contribution in [0.2, 0.25) is 5.02 Å². The molecule has 0 atom stereocenters. The number of aromatic nitrogens is 1. The van der Waals surface area contributed by atoms with Crippen molar-refractivity contribution < 1.29 is 19.4 Å². The zero-order valence-electron chi connectivity index (χ0n) is 18.1. The number of pyridine rings is 1. The third-order valence-corrected chi connectivity index (χ3v) is 5.42. The van der Waals surface area contributed by atoms with E-state index in [4.69, 9.17) is 25.9 Å². The smallest absolute Gasteiger partial charge is 0.186 e. The van der Waals surface area contributed by atoms with Crippen LogP contribution in [0, 0.1) is 0 Å². The lowest BCUT2D eigenvalue weighted by Gasteiger charge is -2.22. The molecular weight excluding hydrogens is 418 g/mol. The van der Waals surface area contributed by atoms with E-state index in [2.05, 4.69) is 15.0 Å². The molecule has 1 aromatic carbocycles. The van der Waals surface area contributed by atoms with Crippen LogP contribution in [0.5, 0.6) is 5.75 Å². The van der Waals surface area contributed by atoms with E-state index >= 15 is 0 Å². The molecule has 2 aliphatic rings. The molecule has 0 radical (unpaired) electrons. The Bertz CT molecular complexity index is 962. The van der Waals surface area contributed by atoms with E-state index in [1.807, 2.05) is 32.9 Å². The largest absolute Gasteiger partial charge is 0.507 e. The van der Waals surface area contributed by atoms with E-state index < -0.39 is 11.9 Å². The lowest BCUT2D eigenvalue weighted by atomic mass is 10.0. The number of rotatable bonds is 5. The van der Waals surface area contributed by atoms with E-state index in [9.17, 15) is 5.11 Å². The van der Waals surface area contributed by atoms with Gasteiger partial charge in [0, 0.05) is 36.5 Å². The van der Waals surface area contributed by atoms with Gasteiger partial charge in [-0.05, 0) is 45.7 Å². The molecule has 3 heterocycles. The first-order valence-electron chi connectivity index (χ1n) is 10.6. The minimum atomic E-state index is -0.551. The van der Waals surface area contributed by atoms with Crippen LogP contribution in [0.25, 0.3) is 0 Å². The molecule has 0 saturated carbocycles. The summed E-state index contributed by atoms with van der Waals surface area (Å²) in [4.78, 5) is 12.5. The average Bonchev–Trinajstić information content (AvgIpc) is 3.44. The van der Waals surface area contributed by atoms with Crippen LogP contribution in [0.1, 0.15) is 56.7 Å². The van der Waals surface area contributed by atoms with Gasteiger partial charge in [-0.1, -0.05) is 22.8 Å². The van der Waals surface area contributed by atoms with Gasteiger partial charge in [-0.15, -0.1) is 0 Å². The highest BCUT2D eigenvalue weighted by atomic mass is 35.5. The predicted molar refractivity (Wildman–Crippen MR) is 120 cm³/mol. The van der Waals surface area contributed by atoms with Crippen LogP contribution >= 0.6 is 11.6 Å². The van der Waals surface area contributed by atoms with E-state index in [-0.39, 0.29) is 5.75 Å². The summed E-state index contributed by atoms with van der Waals surface area (Å²) < 4.78 is 11.4. The summed E-state index contributed by atoms with van der Waals surface area (Å²) in [5.41, 5.74) is 2.33. The minimum Gasteiger partial charge on any atom is -0.507 e. The molecule has 0 amide bonds. The molecule has 2 saturated heterocycles. The van der Waals surface area contributed by atoms with Gasteiger partial charge in [0.15, 0.2) is 6.29 Å². The van der Waals surface area contributed by atoms with Crippen molar-refractivity contribution in [1.82, 2.24) is 4.98 Å². The Kier molecular flexibility index (Phi) is 6.36. The topological polar surface area (TPSA) is 76.4 Å². The van der Waals surface area contributed by atoms with Crippen molar-refractivity contribution in [2.75, 3.05) is 31.2 Å². The van der Waals surface area contributed by atoms with Gasteiger partial charge in [0.2, 0.25) is 0 Å². The molecule has 0 aliphatic carbocycles. The van der Waals surface area contributed by atoms with Crippen molar-refractivity contribution in [3.05, 3.63) is 52.3 Å². The van der Waals surface area contributed by atoms with Gasteiger partial charge in [0.1, 0.15) is 22.8 Å². The number of aromatic hydroxyl groups is 1. The van der Waals surface area contributed by atoms with Crippen LogP contribution in [0.3, 0.4) is 0 Å². The zero-order valence-corrected chi connectivity index (χ0v) is 18.9. The minimum absolute atomic E-state index is 0.0624. The highest BCUT2D eigenvalue weighted by molar-refractivity contribution is 6.34. The molecule has 4 rings (SSSR count). The summed E-state index contributed by atoms with van der Waals surface area (Å²) >= 11 is 6.65. The maximum absolute atomic E-state index is 11.0. The fourth-order valence-electron chi connectivity index (χ4n) is 3.69. The SMILES string of the molecule is CC(C)(C)O/N=C(/c1cc(Cl)c(N2CCCC2)cc1O)c1ncccc1C1OCCO1. The van der Waals surface area contributed by atoms with Crippen LogP contribution in [0.15, 0.2) is 35.6 Å². The highest BCUT2D eigenvalue weighted by Crippen LogP contribution is 2.37. The van der Waals surface area contributed by atoms with Gasteiger partial charge < -0.3 is 24.3 Å². The Labute approximate surface area is 187 Å². The van der Waals surface area contributed by atoms with Crippen molar-refractivity contribution in [3.63, 3.8) is 0 Å². The van der Waals surface area contributed by atoms with Crippen molar-refractivity contribution in [3.8, 4) is 5.75 Å². The van der Waals surface area contributed by atoms with E-state index in [1.165, 1.54) is 0 Å². The number of hydrogen-bond acceptors (Lipinski definition) is 7. The fraction of sp³-hybridized carbons (Fsp3) is 0.478. The summed E-state index contributed by atoms with van der Waals surface area (Å²) in [5.74, 6) is 0.0624. The fourth-order valence-corrected chi connectivity index (χ4v) is 3.97. The Morgan fingerprint density at radius 3 is 2.61 bits per heavy atom. The van der Waals surface area contributed by atoms with Gasteiger partial charge in [-0.2, -0.15) is 0 Å². The summed E-state index contributed by atoms with van der Waals surface area (Å²) in [7, 11) is 0. The molecule has 0 bridgehead atoms. The number of phenolic OH excluding ortho intramolecular Hbond substituents is 1. The number of anilines is 1. The van der Waals surface area contributed by atoms with Gasteiger partial charge >= 0.3 is 0 Å². The monoisotopic (exact) mass is 445 g/mol. The molecule has 0 unspecified atom stereocenters. The molecule has 0 spiro atoms. The maximum Gasteiger partial charge on any atom is 0.186 e. The first-order valence-corrected chi connectivity index (χ1v) is 10.9. The quantitative estimate of drug-likeness (QED) is 0.533. The molecular formula is C23H28ClN3O4. The second kappa shape index (κ2) is 9.02. The summed E-state index contributed by atoms with van der Waals surface area (Å²) in [5, 5.41) is 15.9. The van der Waals surface area contributed by atoms with Crippen molar-refractivity contribution in [2.24, 2.45) is 5.16 Å². The average molecular weight is 446 g/mol. The lowest BCUT2D eigenvalue weighted by molar-refractivity contribution is -0.0445. The summed E-state index contributed by atoms with van der Waals surface area (Å²) in [6.07, 6.45) is 3.34. The number of ether oxygens (including phenoxy) is 2. The van der Waals surface area contributed by atoms with Crippen LogP contribution < -0.4 is 4.90 Å². The van der Waals surface area contributed by atoms with Gasteiger partial charge in [0.05, 0.1) is 23.9 Å². The molecule has 2 aliphatic heterocycles. The summed E-state index contributed by atoms with van der Waals surface area (Å²) in [6.45, 7) is 8.57. The lowest BCUT2D eigenvalue weighted by Crippen LogP contribution is -2.20. The van der Waals surface area contributed by atoms with E-state index in [1.54, 1.807) is 18.3 Å². The molecule has 8 heteroatoms. The predicted octanol–water partition coefficient (Wildman–Crippen LogP) is 4.65. The zero-order chi connectivity index (χ0) is 22.0. The van der Waals surface area contributed by atoms with Crippen molar-refractivity contribution in [2.45, 2.75) is 45.5 Å². The Morgan fingerprint density at radius 1 is 1.23 bits per heavy atom. The first kappa shape index (κ1) is 21.9. The standard InChI is InChI=1S/C23H28ClN3O4/c1-23(2,3)31-26-21(20-15(7-6-8-25-20)22-29-11-12-30-22)16-13-17(24)18(14-19(16)28)27-9-4-5-10-27/h6-8,13-14,22,28H,4-5,9-12H2,1-3H3/b26-21-. The third kappa shape index (κ3) is 4.95. The Hall–Kier alpha value is -2.35. The molecule has 7 nitrogen and oxygen atoms in total. The molecule has 166 valence electrons. The third-order valence-electron chi connectivity index (χ3n) is 5.12. The number of benzene rings is 1. The number of nitrogens with zero attached hydrogens (tertiary/aromatic N) is 3. The van der Waals surface area contributed by atoms with Crippen LogP contribution in [0.4, 0.5) is 5.69 Å². The molecule has 2 fully saturated rings. The highest BCUT2D eigenvalue weighted by Gasteiger charge is 2.28. The van der Waals surface area contributed by atoms with Gasteiger partial charge in [-0.3, -0.25) is 4.98 Å². The van der Waals surface area contributed by atoms with Crippen LogP contribution in [-0.2, 0) is 14.3 Å². The number of halogens is 1. The van der Waals surface area contributed by atoms with Gasteiger partial charge in [-0.25, -0.2) is 0 Å². The van der Waals surface area contributed by atoms with E-state index in [0.717, 1.165) is 37.2 Å². The van der Waals surface area contributed by atoms with Crippen molar-refractivity contribution in [1.29, 1.82) is 0 Å². The molecule has 2 aromatic rings. The van der Waals surface area contributed by atoms with Crippen molar-refractivity contribution >= 4 is 23.0 Å². The molecule has 1 N–H and O–H groups in total. The van der Waals surface area contributed by atoms with Gasteiger partial charge in [0.25, 0.3) is 0 Å². The second-order valence-corrected chi connectivity index (χ2v) is 9.08.